The molecule has 0 spiro atoms. The first-order chi connectivity index (χ1) is 8.58. The molecule has 0 bridgehead atoms. The largest absolute Gasteiger partial charge is 0.345 e. The standard InChI is InChI=1S/C14H25N3O/c1-4-13(10-15)14(18)17(3)9-7-12-6-5-8-16(2)11-12/h12-13H,4-9,11H2,1-3H3. The molecule has 0 radical (unpaired) electrons. The molecule has 0 aromatic rings. The summed E-state index contributed by atoms with van der Waals surface area (Å²) in [6.07, 6.45) is 4.18. The number of nitrogens with zero attached hydrogens (tertiary/aromatic N) is 3. The van der Waals surface area contributed by atoms with Crippen LogP contribution in [0.25, 0.3) is 0 Å². The highest BCUT2D eigenvalue weighted by atomic mass is 16.2. The van der Waals surface area contributed by atoms with Gasteiger partial charge in [0.25, 0.3) is 0 Å². The van der Waals surface area contributed by atoms with Crippen molar-refractivity contribution in [2.24, 2.45) is 11.8 Å². The molecule has 1 rings (SSSR count). The van der Waals surface area contributed by atoms with Gasteiger partial charge in [-0.05, 0) is 45.2 Å². The number of carbonyl (C=O) groups excluding carboxylic acids is 1. The molecular weight excluding hydrogens is 226 g/mol. The van der Waals surface area contributed by atoms with Crippen molar-refractivity contribution in [2.45, 2.75) is 32.6 Å². The molecule has 1 aliphatic heterocycles. The van der Waals surface area contributed by atoms with Crippen LogP contribution in [-0.4, -0.2) is 49.4 Å². The van der Waals surface area contributed by atoms with E-state index in [9.17, 15) is 4.79 Å². The highest BCUT2D eigenvalue weighted by molar-refractivity contribution is 5.80. The van der Waals surface area contributed by atoms with Gasteiger partial charge in [-0.3, -0.25) is 4.79 Å². The molecule has 18 heavy (non-hydrogen) atoms. The molecule has 0 aromatic carbocycles. The van der Waals surface area contributed by atoms with Gasteiger partial charge in [0, 0.05) is 20.1 Å². The Labute approximate surface area is 111 Å². The van der Waals surface area contributed by atoms with Crippen LogP contribution >= 0.6 is 0 Å². The van der Waals surface area contributed by atoms with Crippen molar-refractivity contribution in [3.63, 3.8) is 0 Å². The Kier molecular flexibility index (Phi) is 6.14. The van der Waals surface area contributed by atoms with E-state index in [2.05, 4.69) is 18.0 Å². The Hall–Kier alpha value is -1.08. The van der Waals surface area contributed by atoms with Gasteiger partial charge in [-0.2, -0.15) is 5.26 Å². The van der Waals surface area contributed by atoms with E-state index in [0.717, 1.165) is 19.5 Å². The molecule has 4 heteroatoms. The number of likely N-dealkylation sites (tertiary alicyclic amines) is 1. The molecule has 1 saturated heterocycles. The Morgan fingerprint density at radius 1 is 1.61 bits per heavy atom. The molecule has 2 atom stereocenters. The summed E-state index contributed by atoms with van der Waals surface area (Å²) in [5.74, 6) is 0.203. The number of nitriles is 1. The van der Waals surface area contributed by atoms with E-state index in [-0.39, 0.29) is 5.91 Å². The van der Waals surface area contributed by atoms with E-state index >= 15 is 0 Å². The van der Waals surface area contributed by atoms with Crippen LogP contribution in [0.3, 0.4) is 0 Å². The summed E-state index contributed by atoms with van der Waals surface area (Å²) in [6, 6.07) is 2.08. The first kappa shape index (κ1) is 15.0. The van der Waals surface area contributed by atoms with Gasteiger partial charge >= 0.3 is 0 Å². The average molecular weight is 251 g/mol. The third-order valence-corrected chi connectivity index (χ3v) is 3.83. The van der Waals surface area contributed by atoms with Crippen molar-refractivity contribution in [1.29, 1.82) is 5.26 Å². The minimum atomic E-state index is -0.468. The maximum absolute atomic E-state index is 11.9. The van der Waals surface area contributed by atoms with E-state index in [1.54, 1.807) is 4.90 Å². The average Bonchev–Trinajstić information content (AvgIpc) is 2.37. The summed E-state index contributed by atoms with van der Waals surface area (Å²) in [4.78, 5) is 16.0. The van der Waals surface area contributed by atoms with Crippen molar-refractivity contribution in [2.75, 3.05) is 33.7 Å². The number of carbonyl (C=O) groups is 1. The fraction of sp³-hybridized carbons (Fsp3) is 0.857. The molecule has 1 heterocycles. The summed E-state index contributed by atoms with van der Waals surface area (Å²) < 4.78 is 0. The summed E-state index contributed by atoms with van der Waals surface area (Å²) in [5.41, 5.74) is 0. The van der Waals surface area contributed by atoms with Crippen LogP contribution in [-0.2, 0) is 4.79 Å². The zero-order valence-electron chi connectivity index (χ0n) is 11.9. The highest BCUT2D eigenvalue weighted by Crippen LogP contribution is 2.19. The van der Waals surface area contributed by atoms with Crippen LogP contribution < -0.4 is 0 Å². The summed E-state index contributed by atoms with van der Waals surface area (Å²) >= 11 is 0. The van der Waals surface area contributed by atoms with Crippen LogP contribution in [0.5, 0.6) is 0 Å². The summed E-state index contributed by atoms with van der Waals surface area (Å²) in [7, 11) is 3.97. The van der Waals surface area contributed by atoms with Gasteiger partial charge in [0.05, 0.1) is 6.07 Å². The third-order valence-electron chi connectivity index (χ3n) is 3.83. The lowest BCUT2D eigenvalue weighted by molar-refractivity contribution is -0.132. The normalized spacial score (nSPS) is 22.2. The Balaban J connectivity index is 2.34. The minimum absolute atomic E-state index is 0.0239. The van der Waals surface area contributed by atoms with E-state index in [1.807, 2.05) is 14.0 Å². The van der Waals surface area contributed by atoms with Crippen molar-refractivity contribution in [3.05, 3.63) is 0 Å². The third kappa shape index (κ3) is 4.30. The van der Waals surface area contributed by atoms with Crippen LogP contribution in [0.15, 0.2) is 0 Å². The van der Waals surface area contributed by atoms with Crippen LogP contribution in [0.2, 0.25) is 0 Å². The number of hydrogen-bond donors (Lipinski definition) is 0. The second-order valence-electron chi connectivity index (χ2n) is 5.41. The number of amides is 1. The van der Waals surface area contributed by atoms with Crippen molar-refractivity contribution < 1.29 is 4.79 Å². The lowest BCUT2D eigenvalue weighted by Gasteiger charge is -2.31. The summed E-state index contributed by atoms with van der Waals surface area (Å²) in [6.45, 7) is 4.99. The van der Waals surface area contributed by atoms with Gasteiger partial charge in [-0.15, -0.1) is 0 Å². The van der Waals surface area contributed by atoms with Crippen molar-refractivity contribution in [3.8, 4) is 6.07 Å². The molecule has 2 unspecified atom stereocenters. The number of rotatable bonds is 5. The number of hydrogen-bond acceptors (Lipinski definition) is 3. The van der Waals surface area contributed by atoms with Gasteiger partial charge < -0.3 is 9.80 Å². The van der Waals surface area contributed by atoms with Crippen molar-refractivity contribution >= 4 is 5.91 Å². The van der Waals surface area contributed by atoms with Crippen molar-refractivity contribution in [1.82, 2.24) is 9.80 Å². The van der Waals surface area contributed by atoms with Gasteiger partial charge in [0.2, 0.25) is 5.91 Å². The predicted octanol–water partition coefficient (Wildman–Crippen LogP) is 1.73. The van der Waals surface area contributed by atoms with E-state index in [1.165, 1.54) is 19.4 Å². The fourth-order valence-electron chi connectivity index (χ4n) is 2.58. The molecule has 0 aromatic heterocycles. The SMILES string of the molecule is CCC(C#N)C(=O)N(C)CCC1CCCN(C)C1. The molecular formula is C14H25N3O. The number of piperidine rings is 1. The Morgan fingerprint density at radius 3 is 2.89 bits per heavy atom. The van der Waals surface area contributed by atoms with E-state index < -0.39 is 5.92 Å². The highest BCUT2D eigenvalue weighted by Gasteiger charge is 2.22. The fourth-order valence-corrected chi connectivity index (χ4v) is 2.58. The minimum Gasteiger partial charge on any atom is -0.345 e. The maximum Gasteiger partial charge on any atom is 0.239 e. The smallest absolute Gasteiger partial charge is 0.239 e. The van der Waals surface area contributed by atoms with Crippen LogP contribution in [0.1, 0.15) is 32.6 Å². The molecule has 0 saturated carbocycles. The monoisotopic (exact) mass is 251 g/mol. The lowest BCUT2D eigenvalue weighted by Crippen LogP contribution is -2.37. The molecule has 102 valence electrons. The summed E-state index contributed by atoms with van der Waals surface area (Å²) in [5, 5.41) is 8.89. The van der Waals surface area contributed by atoms with Crippen LogP contribution in [0.4, 0.5) is 0 Å². The van der Waals surface area contributed by atoms with Gasteiger partial charge in [0.1, 0.15) is 5.92 Å². The van der Waals surface area contributed by atoms with Gasteiger partial charge in [0.15, 0.2) is 0 Å². The van der Waals surface area contributed by atoms with E-state index in [4.69, 9.17) is 5.26 Å². The molecule has 4 nitrogen and oxygen atoms in total. The predicted molar refractivity (Wildman–Crippen MR) is 71.9 cm³/mol. The topological polar surface area (TPSA) is 47.3 Å². The Morgan fingerprint density at radius 2 is 2.33 bits per heavy atom. The first-order valence-electron chi connectivity index (χ1n) is 6.91. The second-order valence-corrected chi connectivity index (χ2v) is 5.41. The lowest BCUT2D eigenvalue weighted by atomic mass is 9.95. The van der Waals surface area contributed by atoms with Gasteiger partial charge in [-0.25, -0.2) is 0 Å². The first-order valence-corrected chi connectivity index (χ1v) is 6.91. The maximum atomic E-state index is 11.9. The molecule has 1 fully saturated rings. The van der Waals surface area contributed by atoms with Gasteiger partial charge in [-0.1, -0.05) is 6.92 Å². The molecule has 0 N–H and O–H groups in total. The molecule has 0 aliphatic carbocycles. The van der Waals surface area contributed by atoms with Crippen LogP contribution in [0, 0.1) is 23.2 Å². The van der Waals surface area contributed by atoms with E-state index in [0.29, 0.717) is 12.3 Å². The zero-order chi connectivity index (χ0) is 13.5. The quantitative estimate of drug-likeness (QED) is 0.747. The molecule has 1 amide bonds. The second kappa shape index (κ2) is 7.38. The Bertz CT molecular complexity index is 311. The zero-order valence-corrected chi connectivity index (χ0v) is 11.9. The molecule has 1 aliphatic rings.